The Balaban J connectivity index is 1.51. The van der Waals surface area contributed by atoms with Crippen molar-refractivity contribution in [3.8, 4) is 0 Å². The molecule has 0 spiro atoms. The highest BCUT2D eigenvalue weighted by Crippen LogP contribution is 2.38. The molecule has 1 aliphatic heterocycles. The van der Waals surface area contributed by atoms with Gasteiger partial charge in [0, 0.05) is 31.6 Å². The molecule has 0 unspecified atom stereocenters. The molecular weight excluding hydrogens is 400 g/mol. The molecule has 3 N–H and O–H groups in total. The Hall–Kier alpha value is -2.54. The Kier molecular flexibility index (Phi) is 7.68. The van der Waals surface area contributed by atoms with E-state index in [-0.39, 0.29) is 18.8 Å². The van der Waals surface area contributed by atoms with Crippen LogP contribution in [-0.2, 0) is 29.2 Å². The molecule has 4 rings (SSSR count). The average molecular weight is 433 g/mol. The zero-order valence-corrected chi connectivity index (χ0v) is 18.6. The van der Waals surface area contributed by atoms with E-state index in [0.29, 0.717) is 6.54 Å². The maximum Gasteiger partial charge on any atom is 0.184 e. The van der Waals surface area contributed by atoms with Gasteiger partial charge >= 0.3 is 0 Å². The van der Waals surface area contributed by atoms with E-state index in [9.17, 15) is 5.11 Å². The first-order chi connectivity index (χ1) is 15.6. The Morgan fingerprint density at radius 2 is 1.50 bits per heavy atom. The van der Waals surface area contributed by atoms with Crippen molar-refractivity contribution in [1.82, 2.24) is 4.90 Å². The van der Waals surface area contributed by atoms with Crippen molar-refractivity contribution in [1.29, 1.82) is 0 Å². The number of nitrogens with two attached hydrogens (primary N) is 1. The van der Waals surface area contributed by atoms with E-state index in [2.05, 4.69) is 36.2 Å². The molecule has 0 saturated carbocycles. The van der Waals surface area contributed by atoms with Crippen LogP contribution in [0.4, 0.5) is 0 Å². The van der Waals surface area contributed by atoms with Gasteiger partial charge in [-0.2, -0.15) is 0 Å². The molecule has 1 fully saturated rings. The average Bonchev–Trinajstić information content (AvgIpc) is 2.84. The SMILES string of the molecule is CN(Cc1ccccc1)C[C@@H]1C[C@H](c2ccc(CO)cc2)O[C@H](c2ccc(CN)cc2)O1. The molecule has 3 atom stereocenters. The number of likely N-dealkylation sites (N-methyl/N-ethyl adjacent to an activating group) is 1. The molecule has 32 heavy (non-hydrogen) atoms. The molecule has 1 heterocycles. The zero-order chi connectivity index (χ0) is 22.3. The minimum absolute atomic E-state index is 0.0270. The molecule has 5 nitrogen and oxygen atoms in total. The van der Waals surface area contributed by atoms with Crippen LogP contribution in [0.5, 0.6) is 0 Å². The van der Waals surface area contributed by atoms with Gasteiger partial charge in [-0.3, -0.25) is 4.90 Å². The second-order valence-corrected chi connectivity index (χ2v) is 8.48. The van der Waals surface area contributed by atoms with Crippen molar-refractivity contribution in [2.24, 2.45) is 5.73 Å². The molecule has 1 aliphatic rings. The molecule has 0 aromatic heterocycles. The number of ether oxygens (including phenoxy) is 2. The maximum absolute atomic E-state index is 9.37. The summed E-state index contributed by atoms with van der Waals surface area (Å²) in [6.45, 7) is 2.23. The van der Waals surface area contributed by atoms with Gasteiger partial charge < -0.3 is 20.3 Å². The van der Waals surface area contributed by atoms with Crippen molar-refractivity contribution in [2.45, 2.75) is 44.6 Å². The summed E-state index contributed by atoms with van der Waals surface area (Å²) in [5.74, 6) is 0. The monoisotopic (exact) mass is 432 g/mol. The number of nitrogens with zero attached hydrogens (tertiary/aromatic N) is 1. The van der Waals surface area contributed by atoms with Gasteiger partial charge in [0.2, 0.25) is 0 Å². The molecule has 168 valence electrons. The van der Waals surface area contributed by atoms with Gasteiger partial charge in [0.15, 0.2) is 6.29 Å². The number of hydrogen-bond donors (Lipinski definition) is 2. The summed E-state index contributed by atoms with van der Waals surface area (Å²) >= 11 is 0. The van der Waals surface area contributed by atoms with Crippen molar-refractivity contribution in [2.75, 3.05) is 13.6 Å². The van der Waals surface area contributed by atoms with Crippen LogP contribution in [0.3, 0.4) is 0 Å². The largest absolute Gasteiger partial charge is 0.392 e. The fraction of sp³-hybridized carbons (Fsp3) is 0.333. The van der Waals surface area contributed by atoms with E-state index in [1.54, 1.807) is 0 Å². The summed E-state index contributed by atoms with van der Waals surface area (Å²) in [5, 5.41) is 9.37. The first-order valence-electron chi connectivity index (χ1n) is 11.2. The van der Waals surface area contributed by atoms with Crippen LogP contribution in [0.2, 0.25) is 0 Å². The first kappa shape index (κ1) is 22.6. The van der Waals surface area contributed by atoms with E-state index in [4.69, 9.17) is 15.2 Å². The van der Waals surface area contributed by atoms with Gasteiger partial charge in [-0.1, -0.05) is 78.9 Å². The third-order valence-corrected chi connectivity index (χ3v) is 5.91. The molecule has 0 bridgehead atoms. The quantitative estimate of drug-likeness (QED) is 0.555. The number of benzene rings is 3. The lowest BCUT2D eigenvalue weighted by atomic mass is 9.99. The third-order valence-electron chi connectivity index (χ3n) is 5.91. The van der Waals surface area contributed by atoms with Gasteiger partial charge in [0.1, 0.15) is 0 Å². The van der Waals surface area contributed by atoms with Crippen LogP contribution >= 0.6 is 0 Å². The van der Waals surface area contributed by atoms with Crippen LogP contribution in [-0.4, -0.2) is 29.7 Å². The standard InChI is InChI=1S/C27H32N2O3/c1-29(17-21-5-3-2-4-6-21)18-25-15-26(23-11-9-22(19-30)10-12-23)32-27(31-25)24-13-7-20(16-28)8-14-24/h2-14,25-27,30H,15-19,28H2,1H3/t25-,26+,27+/m0/s1. The summed E-state index contributed by atoms with van der Waals surface area (Å²) in [6, 6.07) is 26.6. The normalized spacial score (nSPS) is 21.1. The van der Waals surface area contributed by atoms with Crippen molar-refractivity contribution in [3.05, 3.63) is 107 Å². The zero-order valence-electron chi connectivity index (χ0n) is 18.6. The van der Waals surface area contributed by atoms with E-state index in [0.717, 1.165) is 41.8 Å². The molecule has 0 aliphatic carbocycles. The lowest BCUT2D eigenvalue weighted by Gasteiger charge is -2.38. The molecule has 5 heteroatoms. The summed E-state index contributed by atoms with van der Waals surface area (Å²) in [7, 11) is 2.13. The summed E-state index contributed by atoms with van der Waals surface area (Å²) < 4.78 is 12.8. The van der Waals surface area contributed by atoms with Crippen LogP contribution in [0.15, 0.2) is 78.9 Å². The summed E-state index contributed by atoms with van der Waals surface area (Å²) in [5.41, 5.74) is 11.1. The molecule has 3 aromatic rings. The lowest BCUT2D eigenvalue weighted by Crippen LogP contribution is -2.37. The van der Waals surface area contributed by atoms with Gasteiger partial charge in [0.05, 0.1) is 18.8 Å². The fourth-order valence-corrected chi connectivity index (χ4v) is 4.15. The minimum atomic E-state index is -0.437. The molecule has 1 saturated heterocycles. The summed E-state index contributed by atoms with van der Waals surface area (Å²) in [4.78, 5) is 2.30. The van der Waals surface area contributed by atoms with E-state index in [1.165, 1.54) is 5.56 Å². The molecule has 0 amide bonds. The number of rotatable bonds is 8. The van der Waals surface area contributed by atoms with Gasteiger partial charge in [-0.15, -0.1) is 0 Å². The Labute approximate surface area is 190 Å². The highest BCUT2D eigenvalue weighted by Gasteiger charge is 2.32. The predicted octanol–water partition coefficient (Wildman–Crippen LogP) is 4.32. The van der Waals surface area contributed by atoms with Crippen molar-refractivity contribution < 1.29 is 14.6 Å². The maximum atomic E-state index is 9.37. The molecule has 3 aromatic carbocycles. The topological polar surface area (TPSA) is 68.0 Å². The second-order valence-electron chi connectivity index (χ2n) is 8.48. The van der Waals surface area contributed by atoms with E-state index in [1.807, 2.05) is 54.6 Å². The van der Waals surface area contributed by atoms with Crippen LogP contribution in [0.1, 0.15) is 46.6 Å². The summed E-state index contributed by atoms with van der Waals surface area (Å²) in [6.07, 6.45) is 0.285. The fourth-order valence-electron chi connectivity index (χ4n) is 4.15. The lowest BCUT2D eigenvalue weighted by molar-refractivity contribution is -0.252. The van der Waals surface area contributed by atoms with Crippen LogP contribution in [0.25, 0.3) is 0 Å². The van der Waals surface area contributed by atoms with Crippen LogP contribution < -0.4 is 5.73 Å². The van der Waals surface area contributed by atoms with Crippen molar-refractivity contribution in [3.63, 3.8) is 0 Å². The van der Waals surface area contributed by atoms with E-state index < -0.39 is 6.29 Å². The Morgan fingerprint density at radius 3 is 2.16 bits per heavy atom. The second kappa shape index (κ2) is 10.9. The highest BCUT2D eigenvalue weighted by atomic mass is 16.7. The predicted molar refractivity (Wildman–Crippen MR) is 126 cm³/mol. The Morgan fingerprint density at radius 1 is 0.844 bits per heavy atom. The smallest absolute Gasteiger partial charge is 0.184 e. The number of hydrogen-bond acceptors (Lipinski definition) is 5. The van der Waals surface area contributed by atoms with Crippen LogP contribution in [0, 0.1) is 0 Å². The first-order valence-corrected chi connectivity index (χ1v) is 11.2. The van der Waals surface area contributed by atoms with E-state index >= 15 is 0 Å². The van der Waals surface area contributed by atoms with Gasteiger partial charge in [-0.05, 0) is 29.3 Å². The molecular formula is C27H32N2O3. The minimum Gasteiger partial charge on any atom is -0.392 e. The third kappa shape index (κ3) is 5.82. The van der Waals surface area contributed by atoms with Gasteiger partial charge in [-0.25, -0.2) is 0 Å². The Bertz CT molecular complexity index is 905. The van der Waals surface area contributed by atoms with Gasteiger partial charge in [0.25, 0.3) is 0 Å². The molecule has 0 radical (unpaired) electrons. The highest BCUT2D eigenvalue weighted by molar-refractivity contribution is 5.26. The number of aliphatic hydroxyl groups excluding tert-OH is 1. The number of aliphatic hydroxyl groups is 1. The van der Waals surface area contributed by atoms with Crippen molar-refractivity contribution >= 4 is 0 Å².